The van der Waals surface area contributed by atoms with Crippen molar-refractivity contribution in [1.82, 2.24) is 30.2 Å². The summed E-state index contributed by atoms with van der Waals surface area (Å²) in [5, 5.41) is 15.8. The van der Waals surface area contributed by atoms with Gasteiger partial charge in [-0.1, -0.05) is 61.0 Å². The lowest BCUT2D eigenvalue weighted by Gasteiger charge is -2.26. The van der Waals surface area contributed by atoms with Gasteiger partial charge in [0, 0.05) is 54.4 Å². The molecule has 3 aromatic carbocycles. The highest BCUT2D eigenvalue weighted by atomic mass is 32.2. The molecular formula is C46H52N8O7S2. The van der Waals surface area contributed by atoms with Gasteiger partial charge in [-0.15, -0.1) is 11.3 Å². The molecule has 330 valence electrons. The first-order chi connectivity index (χ1) is 30.4. The van der Waals surface area contributed by atoms with E-state index in [-0.39, 0.29) is 36.9 Å². The number of hydrogen-bond acceptors (Lipinski definition) is 12. The standard InChI is InChI=1S/C46H52N8O7S2/c1-29(2)49-44-51-38(28-62-44)37-24-40(34-20-19-32(60-3)22-36(34)50-37)61-33-23-39(54(27-33)45(57)48-26-30-14-8-7-9-15-30)42(55)52-46-25-31(46)16-10-5-4-6-13-21-47-35-17-11-12-18-41(35)63(58,59)53-43(46)56/h7-12,14-20,22,24,28-29,31,33,39,47H,4-6,13,21,23,25-27H2,1-3H3,(H,48,57)(H,49,51)(H,52,55)(H,53,56)/t31-,33-,39+,46-/m1/s1. The minimum atomic E-state index is -4.35. The fourth-order valence-corrected chi connectivity index (χ4v) is 10.2. The largest absolute Gasteiger partial charge is 0.497 e. The lowest BCUT2D eigenvalue weighted by atomic mass is 10.1. The fourth-order valence-electron chi connectivity index (χ4n) is 8.09. The zero-order valence-electron chi connectivity index (χ0n) is 35.4. The molecule has 2 fully saturated rings. The number of methoxy groups -OCH3 is 1. The molecule has 5 aromatic rings. The maximum absolute atomic E-state index is 14.7. The SMILES string of the molecule is COc1ccc2c(O[C@@H]3C[C@@H](C(=O)N[C@]45C[C@H]4C=CCCCCCNc4ccccc4S(=O)(=O)NC5=O)N(C(=O)NCc4ccccc4)C3)cc(-c3csc(NC(C)C)n3)nc2c1. The smallest absolute Gasteiger partial charge is 0.318 e. The number of carbonyl (C=O) groups is 3. The second-order valence-electron chi connectivity index (χ2n) is 16.4. The minimum absolute atomic E-state index is 0.0356. The molecule has 17 heteroatoms. The number of likely N-dealkylation sites (tertiary alicyclic amines) is 1. The van der Waals surface area contributed by atoms with Gasteiger partial charge in [0.2, 0.25) is 5.91 Å². The van der Waals surface area contributed by atoms with Crippen molar-refractivity contribution in [2.75, 3.05) is 30.8 Å². The number of nitrogens with zero attached hydrogens (tertiary/aromatic N) is 3. The van der Waals surface area contributed by atoms with Crippen molar-refractivity contribution < 1.29 is 32.3 Å². The van der Waals surface area contributed by atoms with Crippen LogP contribution in [0.4, 0.5) is 15.6 Å². The average Bonchev–Trinajstić information content (AvgIpc) is 3.53. The van der Waals surface area contributed by atoms with E-state index in [4.69, 9.17) is 19.4 Å². The van der Waals surface area contributed by atoms with Crippen LogP contribution in [-0.2, 0) is 26.2 Å². The molecule has 2 aromatic heterocycles. The number of hydrogen-bond donors (Lipinski definition) is 5. The number of sulfonamides is 1. The van der Waals surface area contributed by atoms with Crippen LogP contribution in [0.5, 0.6) is 11.5 Å². The number of rotatable bonds is 10. The Morgan fingerprint density at radius 1 is 1.00 bits per heavy atom. The van der Waals surface area contributed by atoms with E-state index >= 15 is 0 Å². The number of para-hydroxylation sites is 1. The quantitative estimate of drug-likeness (QED) is 0.0923. The van der Waals surface area contributed by atoms with E-state index < -0.39 is 51.5 Å². The molecular weight excluding hydrogens is 841 g/mol. The number of fused-ring (bicyclic) bond motifs is 3. The first-order valence-corrected chi connectivity index (χ1v) is 23.6. The number of carbonyl (C=O) groups excluding carboxylic acids is 3. The molecule has 2 aliphatic heterocycles. The Kier molecular flexibility index (Phi) is 12.9. The van der Waals surface area contributed by atoms with Gasteiger partial charge in [-0.3, -0.25) is 9.59 Å². The molecule has 0 unspecified atom stereocenters. The summed E-state index contributed by atoms with van der Waals surface area (Å²) in [5.74, 6) is -0.828. The van der Waals surface area contributed by atoms with Crippen molar-refractivity contribution in [3.63, 3.8) is 0 Å². The Labute approximate surface area is 371 Å². The van der Waals surface area contributed by atoms with E-state index in [2.05, 4.69) is 26.0 Å². The monoisotopic (exact) mass is 892 g/mol. The van der Waals surface area contributed by atoms with Crippen molar-refractivity contribution in [1.29, 1.82) is 0 Å². The third-order valence-electron chi connectivity index (χ3n) is 11.5. The average molecular weight is 893 g/mol. The molecule has 3 aliphatic rings. The molecule has 63 heavy (non-hydrogen) atoms. The van der Waals surface area contributed by atoms with Gasteiger partial charge < -0.3 is 35.6 Å². The van der Waals surface area contributed by atoms with Crippen LogP contribution in [0.2, 0.25) is 0 Å². The van der Waals surface area contributed by atoms with Gasteiger partial charge in [0.05, 0.1) is 30.6 Å². The normalized spacial score (nSPS) is 22.1. The first-order valence-electron chi connectivity index (χ1n) is 21.3. The Morgan fingerprint density at radius 3 is 2.62 bits per heavy atom. The number of aromatic nitrogens is 2. The van der Waals surface area contributed by atoms with Crippen LogP contribution in [0.1, 0.15) is 57.9 Å². The summed E-state index contributed by atoms with van der Waals surface area (Å²) >= 11 is 1.47. The number of nitrogens with one attached hydrogen (secondary N) is 5. The van der Waals surface area contributed by atoms with E-state index in [1.54, 1.807) is 25.3 Å². The molecule has 1 saturated heterocycles. The molecule has 1 saturated carbocycles. The van der Waals surface area contributed by atoms with E-state index in [0.29, 0.717) is 46.0 Å². The van der Waals surface area contributed by atoms with Crippen molar-refractivity contribution >= 4 is 60.9 Å². The third-order valence-corrected chi connectivity index (χ3v) is 13.6. The molecule has 4 amide bonds. The maximum atomic E-state index is 14.7. The highest BCUT2D eigenvalue weighted by Crippen LogP contribution is 2.46. The summed E-state index contributed by atoms with van der Waals surface area (Å²) in [4.78, 5) is 54.0. The molecule has 15 nitrogen and oxygen atoms in total. The number of allylic oxidation sites excluding steroid dienone is 1. The summed E-state index contributed by atoms with van der Waals surface area (Å²) in [6, 6.07) is 21.8. The van der Waals surface area contributed by atoms with Gasteiger partial charge in [-0.25, -0.2) is 27.9 Å². The summed E-state index contributed by atoms with van der Waals surface area (Å²) in [6.07, 6.45) is 6.91. The number of amides is 4. The van der Waals surface area contributed by atoms with Crippen LogP contribution >= 0.6 is 11.3 Å². The van der Waals surface area contributed by atoms with E-state index in [0.717, 1.165) is 36.4 Å². The molecule has 0 bridgehead atoms. The van der Waals surface area contributed by atoms with Crippen molar-refractivity contribution in [3.8, 4) is 22.9 Å². The van der Waals surface area contributed by atoms with Gasteiger partial charge in [0.15, 0.2) is 5.13 Å². The molecule has 0 spiro atoms. The van der Waals surface area contributed by atoms with Crippen LogP contribution in [0.15, 0.2) is 101 Å². The number of ether oxygens (including phenoxy) is 2. The summed E-state index contributed by atoms with van der Waals surface area (Å²) in [7, 11) is -2.77. The Balaban J connectivity index is 1.09. The predicted octanol–water partition coefficient (Wildman–Crippen LogP) is 6.84. The fraction of sp³-hybridized carbons (Fsp3) is 0.370. The Bertz CT molecular complexity index is 2620. The number of benzene rings is 3. The Hall–Kier alpha value is -6.20. The highest BCUT2D eigenvalue weighted by Gasteiger charge is 2.61. The summed E-state index contributed by atoms with van der Waals surface area (Å²) < 4.78 is 42.2. The van der Waals surface area contributed by atoms with Gasteiger partial charge in [0.25, 0.3) is 15.9 Å². The van der Waals surface area contributed by atoms with Crippen molar-refractivity contribution in [2.24, 2.45) is 5.92 Å². The lowest BCUT2D eigenvalue weighted by Crippen LogP contribution is -2.57. The Morgan fingerprint density at radius 2 is 1.81 bits per heavy atom. The molecule has 5 N–H and O–H groups in total. The predicted molar refractivity (Wildman–Crippen MR) is 243 cm³/mol. The van der Waals surface area contributed by atoms with Gasteiger partial charge in [0.1, 0.15) is 39.8 Å². The summed E-state index contributed by atoms with van der Waals surface area (Å²) in [5.41, 5.74) is 1.51. The second kappa shape index (κ2) is 18.6. The van der Waals surface area contributed by atoms with Gasteiger partial charge >= 0.3 is 6.03 Å². The zero-order valence-corrected chi connectivity index (χ0v) is 37.1. The van der Waals surface area contributed by atoms with E-state index in [9.17, 15) is 22.8 Å². The van der Waals surface area contributed by atoms with Gasteiger partial charge in [-0.05, 0) is 69.4 Å². The highest BCUT2D eigenvalue weighted by molar-refractivity contribution is 7.90. The maximum Gasteiger partial charge on any atom is 0.318 e. The number of pyridine rings is 1. The lowest BCUT2D eigenvalue weighted by molar-refractivity contribution is -0.131. The van der Waals surface area contributed by atoms with Crippen molar-refractivity contribution in [3.05, 3.63) is 102 Å². The number of thiazole rings is 1. The number of anilines is 2. The molecule has 0 radical (unpaired) electrons. The van der Waals surface area contributed by atoms with Crippen LogP contribution in [0.25, 0.3) is 22.3 Å². The molecule has 4 atom stereocenters. The topological polar surface area (TPSA) is 193 Å². The summed E-state index contributed by atoms with van der Waals surface area (Å²) in [6.45, 7) is 4.90. The third kappa shape index (κ3) is 9.89. The van der Waals surface area contributed by atoms with Crippen LogP contribution in [0.3, 0.4) is 0 Å². The second-order valence-corrected chi connectivity index (χ2v) is 18.9. The minimum Gasteiger partial charge on any atom is -0.497 e. The van der Waals surface area contributed by atoms with Crippen LogP contribution in [-0.4, -0.2) is 85.1 Å². The van der Waals surface area contributed by atoms with Gasteiger partial charge in [-0.2, -0.15) is 0 Å². The molecule has 8 rings (SSSR count). The van der Waals surface area contributed by atoms with Crippen molar-refractivity contribution in [2.45, 2.75) is 87.5 Å². The first kappa shape index (κ1) is 43.4. The number of urea groups is 1. The van der Waals surface area contributed by atoms with Crippen LogP contribution in [0, 0.1) is 5.92 Å². The van der Waals surface area contributed by atoms with E-state index in [1.165, 1.54) is 22.3 Å². The van der Waals surface area contributed by atoms with Crippen LogP contribution < -0.4 is 35.5 Å². The zero-order chi connectivity index (χ0) is 44.1. The molecule has 4 heterocycles. The molecule has 1 aliphatic carbocycles. The van der Waals surface area contributed by atoms with E-state index in [1.807, 2.05) is 86.0 Å².